The second-order valence-electron chi connectivity index (χ2n) is 2.81. The van der Waals surface area contributed by atoms with E-state index in [1.807, 2.05) is 0 Å². The van der Waals surface area contributed by atoms with Gasteiger partial charge in [0.15, 0.2) is 8.40 Å². The Labute approximate surface area is 102 Å². The zero-order valence-electron chi connectivity index (χ0n) is 7.49. The van der Waals surface area contributed by atoms with Gasteiger partial charge in [0.25, 0.3) is 0 Å². The topological polar surface area (TPSA) is 17.1 Å². The summed E-state index contributed by atoms with van der Waals surface area (Å²) in [5.74, 6) is 0. The number of hydrogen-bond acceptors (Lipinski definition) is 2. The van der Waals surface area contributed by atoms with E-state index in [2.05, 4.69) is 29.5 Å². The van der Waals surface area contributed by atoms with E-state index >= 15 is 0 Å². The molecule has 0 aliphatic rings. The van der Waals surface area contributed by atoms with Gasteiger partial charge in [0.1, 0.15) is 5.41 Å². The summed E-state index contributed by atoms with van der Waals surface area (Å²) in [5, 5.41) is 1.58. The maximum atomic E-state index is 11.4. The van der Waals surface area contributed by atoms with Crippen LogP contribution in [-0.2, 0) is 6.42 Å². The van der Waals surface area contributed by atoms with E-state index in [9.17, 15) is 4.79 Å². The largest absolute Gasteiger partial charge is 0.301 e. The predicted octanol–water partition coefficient (Wildman–Crippen LogP) is 3.64. The Balaban J connectivity index is 3.20. The smallest absolute Gasteiger partial charge is 0.160 e. The highest BCUT2D eigenvalue weighted by atomic mass is 127. The molecule has 0 fully saturated rings. The minimum Gasteiger partial charge on any atom is -0.301 e. The van der Waals surface area contributed by atoms with Gasteiger partial charge in [0.05, 0.1) is 6.83 Å². The van der Waals surface area contributed by atoms with Crippen molar-refractivity contribution in [1.82, 2.24) is 0 Å². The molecule has 1 nitrogen and oxygen atoms in total. The summed E-state index contributed by atoms with van der Waals surface area (Å²) in [6.45, 7) is 3.79. The van der Waals surface area contributed by atoms with E-state index in [0.717, 1.165) is 16.8 Å². The van der Waals surface area contributed by atoms with Crippen LogP contribution in [0.1, 0.15) is 30.2 Å². The number of carbonyl (C=O) groups is 1. The fourth-order valence-electron chi connectivity index (χ4n) is 1.23. The molecule has 0 saturated heterocycles. The Morgan fingerprint density at radius 2 is 2.31 bits per heavy atom. The Morgan fingerprint density at radius 1 is 1.69 bits per heavy atom. The van der Waals surface area contributed by atoms with Crippen LogP contribution in [0.5, 0.6) is 0 Å². The molecule has 0 unspecified atom stereocenters. The van der Waals surface area contributed by atoms with Gasteiger partial charge in [-0.25, -0.2) is 0 Å². The first-order valence-electron chi connectivity index (χ1n) is 4.05. The summed E-state index contributed by atoms with van der Waals surface area (Å²) in [5.41, 5.74) is 0. The Hall–Kier alpha value is 0.737. The van der Waals surface area contributed by atoms with Gasteiger partial charge in [-0.05, 0) is 41.1 Å². The summed E-state index contributed by atoms with van der Waals surface area (Å²) in [7, 11) is -1.18. The molecule has 0 spiro atoms. The quantitative estimate of drug-likeness (QED) is 0.604. The number of carbonyl (C=O) groups excluding carboxylic acids is 1. The van der Waals surface area contributed by atoms with Crippen molar-refractivity contribution in [2.45, 2.75) is 26.7 Å². The lowest BCUT2D eigenvalue weighted by Gasteiger charge is -1.98. The van der Waals surface area contributed by atoms with Crippen molar-refractivity contribution in [3.05, 3.63) is 12.0 Å². The van der Waals surface area contributed by atoms with Gasteiger partial charge >= 0.3 is 0 Å². The predicted molar refractivity (Wildman–Crippen MR) is 68.3 cm³/mol. The number of hydrogen-bond donors (Lipinski definition) is 0. The molecular weight excluding hydrogens is 335 g/mol. The molecule has 0 bridgehead atoms. The van der Waals surface area contributed by atoms with E-state index in [1.165, 1.54) is 8.06 Å². The maximum Gasteiger partial charge on any atom is 0.160 e. The second-order valence-corrected chi connectivity index (χ2v) is 9.48. The van der Waals surface area contributed by atoms with Crippen molar-refractivity contribution in [2.75, 3.05) is 0 Å². The summed E-state index contributed by atoms with van der Waals surface area (Å²) >= 11 is 9.93. The summed E-state index contributed by atoms with van der Waals surface area (Å²) in [4.78, 5) is 11.4. The average Bonchev–Trinajstić information content (AvgIpc) is 2.27. The maximum absolute atomic E-state index is 11.4. The highest BCUT2D eigenvalue weighted by molar-refractivity contribution is 14.1. The first-order chi connectivity index (χ1) is 6.07. The Kier molecular flexibility index (Phi) is 4.54. The summed E-state index contributed by atoms with van der Waals surface area (Å²) in [6, 6.07) is 0. The highest BCUT2D eigenvalue weighted by Gasteiger charge is 2.18. The first-order valence-corrected chi connectivity index (χ1v) is 7.82. The molecule has 0 aromatic carbocycles. The normalized spacial score (nSPS) is 10.5. The molecule has 0 aliphatic heterocycles. The molecule has 0 atom stereocenters. The molecule has 1 heterocycles. The van der Waals surface area contributed by atoms with Gasteiger partial charge in [-0.15, -0.1) is 11.3 Å². The lowest BCUT2D eigenvalue weighted by atomic mass is 10.3. The van der Waals surface area contributed by atoms with Gasteiger partial charge in [-0.3, -0.25) is 0 Å². The number of rotatable bonds is 3. The molecule has 1 aromatic heterocycles. The molecule has 0 saturated carbocycles. The molecule has 13 heavy (non-hydrogen) atoms. The van der Waals surface area contributed by atoms with Crippen molar-refractivity contribution in [1.29, 1.82) is 0 Å². The molecule has 0 N–H and O–H groups in total. The van der Waals surface area contributed by atoms with Crippen LogP contribution in [-0.4, -0.2) is 13.8 Å². The van der Waals surface area contributed by atoms with Crippen LogP contribution in [0.2, 0.25) is 3.95 Å². The van der Waals surface area contributed by atoms with Gasteiger partial charge in [-0.2, -0.15) is 0 Å². The van der Waals surface area contributed by atoms with Crippen LogP contribution in [0.25, 0.3) is 0 Å². The molecule has 1 aromatic rings. The standard InChI is InChI=1S/C8H10ClIOSSi/c1-3-4-6-7(10)12-8(9)13(6)5(2)11/h3-4H2,1-2H3. The lowest BCUT2D eigenvalue weighted by molar-refractivity contribution is 0.105. The average molecular weight is 345 g/mol. The van der Waals surface area contributed by atoms with E-state index in [1.54, 1.807) is 18.3 Å². The highest BCUT2D eigenvalue weighted by Crippen LogP contribution is 2.28. The molecule has 0 aliphatic carbocycles. The van der Waals surface area contributed by atoms with E-state index in [4.69, 9.17) is 11.6 Å². The van der Waals surface area contributed by atoms with E-state index in [-0.39, 0.29) is 5.41 Å². The third kappa shape index (κ3) is 2.61. The minimum atomic E-state index is -1.18. The van der Waals surface area contributed by atoms with Crippen molar-refractivity contribution in [2.24, 2.45) is 0 Å². The monoisotopic (exact) mass is 344 g/mol. The first kappa shape index (κ1) is 11.8. The molecule has 0 radical (unpaired) electrons. The molecular formula is C8H10ClIOSSi. The van der Waals surface area contributed by atoms with Crippen LogP contribution in [0.3, 0.4) is 0 Å². The fraction of sp³-hybridized carbons (Fsp3) is 0.500. The lowest BCUT2D eigenvalue weighted by Crippen LogP contribution is -2.12. The van der Waals surface area contributed by atoms with Crippen molar-refractivity contribution < 1.29 is 4.79 Å². The van der Waals surface area contributed by atoms with Crippen LogP contribution < -0.4 is 0 Å². The SMILES string of the molecule is CCCc1c(I)sc(Cl)[si]1C(C)=O. The Morgan fingerprint density at radius 3 is 2.77 bits per heavy atom. The van der Waals surface area contributed by atoms with Gasteiger partial charge in [-0.1, -0.05) is 24.9 Å². The molecule has 72 valence electrons. The van der Waals surface area contributed by atoms with Crippen LogP contribution in [0.15, 0.2) is 0 Å². The third-order valence-corrected chi connectivity index (χ3v) is 8.29. The molecule has 1 rings (SSSR count). The van der Waals surface area contributed by atoms with Gasteiger partial charge in [0.2, 0.25) is 0 Å². The van der Waals surface area contributed by atoms with Crippen molar-refractivity contribution >= 4 is 59.3 Å². The van der Waals surface area contributed by atoms with E-state index in [0.29, 0.717) is 0 Å². The van der Waals surface area contributed by atoms with E-state index < -0.39 is 8.40 Å². The minimum absolute atomic E-state index is 0.262. The second kappa shape index (κ2) is 5.00. The van der Waals surface area contributed by atoms with Crippen LogP contribution in [0, 0.1) is 2.88 Å². The number of halogens is 2. The van der Waals surface area contributed by atoms with Gasteiger partial charge < -0.3 is 4.79 Å². The fourth-order valence-corrected chi connectivity index (χ4v) is 8.95. The summed E-state index contributed by atoms with van der Waals surface area (Å²) < 4.78 is 2.05. The van der Waals surface area contributed by atoms with Crippen LogP contribution >= 0.6 is 45.5 Å². The van der Waals surface area contributed by atoms with Crippen LogP contribution in [0.4, 0.5) is 0 Å². The third-order valence-electron chi connectivity index (χ3n) is 1.77. The van der Waals surface area contributed by atoms with Gasteiger partial charge in [0, 0.05) is 0 Å². The zero-order valence-corrected chi connectivity index (χ0v) is 12.2. The molecule has 0 amide bonds. The molecule has 5 heteroatoms. The zero-order chi connectivity index (χ0) is 10.0. The van der Waals surface area contributed by atoms with Crippen molar-refractivity contribution in [3.63, 3.8) is 0 Å². The Bertz CT molecular complexity index is 337. The van der Waals surface area contributed by atoms with Crippen molar-refractivity contribution in [3.8, 4) is 0 Å². The summed E-state index contributed by atoms with van der Waals surface area (Å²) in [6.07, 6.45) is 2.11.